The van der Waals surface area contributed by atoms with Gasteiger partial charge in [0.25, 0.3) is 5.91 Å². The van der Waals surface area contributed by atoms with Crippen molar-refractivity contribution in [1.82, 2.24) is 15.3 Å². The molecule has 0 fully saturated rings. The number of hydrogen-bond acceptors (Lipinski definition) is 6. The van der Waals surface area contributed by atoms with Crippen LogP contribution in [0.2, 0.25) is 0 Å². The van der Waals surface area contributed by atoms with Gasteiger partial charge in [-0.15, -0.1) is 0 Å². The van der Waals surface area contributed by atoms with Crippen molar-refractivity contribution in [3.8, 4) is 39.8 Å². The molecule has 3 aromatic carbocycles. The minimum atomic E-state index is -0.137. The molecule has 0 saturated carbocycles. The number of nitrogens with zero attached hydrogens (tertiary/aromatic N) is 1. The number of aromatic amines is 1. The maximum atomic E-state index is 12.4. The van der Waals surface area contributed by atoms with Crippen LogP contribution in [0.1, 0.15) is 10.4 Å². The smallest absolute Gasteiger partial charge is 0.251 e. The van der Waals surface area contributed by atoms with Gasteiger partial charge in [0, 0.05) is 29.0 Å². The number of thioether (sulfide) groups is 1. The summed E-state index contributed by atoms with van der Waals surface area (Å²) in [6, 6.07) is 22.8. The van der Waals surface area contributed by atoms with Crippen LogP contribution in [-0.2, 0) is 0 Å². The molecule has 8 heteroatoms. The van der Waals surface area contributed by atoms with Gasteiger partial charge in [0.1, 0.15) is 17.2 Å². The average molecular weight is 490 g/mol. The van der Waals surface area contributed by atoms with Crippen molar-refractivity contribution in [3.63, 3.8) is 0 Å². The summed E-state index contributed by atoms with van der Waals surface area (Å²) in [4.78, 5) is 20.7. The highest BCUT2D eigenvalue weighted by atomic mass is 32.2. The molecule has 0 spiro atoms. The van der Waals surface area contributed by atoms with Gasteiger partial charge in [-0.2, -0.15) is 0 Å². The Hall–Kier alpha value is -3.91. The maximum absolute atomic E-state index is 12.4. The van der Waals surface area contributed by atoms with E-state index in [1.54, 1.807) is 51.3 Å². The number of carbonyl (C=O) groups is 1. The van der Waals surface area contributed by atoms with Gasteiger partial charge < -0.3 is 24.5 Å². The zero-order valence-corrected chi connectivity index (χ0v) is 20.6. The molecular weight excluding hydrogens is 462 g/mol. The molecule has 0 saturated heterocycles. The molecule has 0 aliphatic carbocycles. The number of imidazole rings is 1. The number of amides is 1. The van der Waals surface area contributed by atoms with E-state index in [9.17, 15) is 4.79 Å². The van der Waals surface area contributed by atoms with E-state index in [0.29, 0.717) is 23.6 Å². The van der Waals surface area contributed by atoms with Gasteiger partial charge >= 0.3 is 0 Å². The van der Waals surface area contributed by atoms with Crippen LogP contribution in [-0.4, -0.2) is 49.5 Å². The fourth-order valence-electron chi connectivity index (χ4n) is 3.52. The summed E-state index contributed by atoms with van der Waals surface area (Å²) in [5.41, 5.74) is 4.31. The van der Waals surface area contributed by atoms with E-state index in [1.165, 1.54) is 0 Å². The number of benzene rings is 3. The second-order valence-corrected chi connectivity index (χ2v) is 8.64. The van der Waals surface area contributed by atoms with Crippen LogP contribution in [0.25, 0.3) is 22.5 Å². The van der Waals surface area contributed by atoms with Crippen LogP contribution in [0.15, 0.2) is 78.0 Å². The third-order valence-electron chi connectivity index (χ3n) is 5.38. The number of rotatable bonds is 10. The van der Waals surface area contributed by atoms with Crippen molar-refractivity contribution in [2.75, 3.05) is 33.6 Å². The third kappa shape index (κ3) is 5.96. The third-order valence-corrected chi connectivity index (χ3v) is 6.26. The van der Waals surface area contributed by atoms with Crippen LogP contribution < -0.4 is 19.5 Å². The van der Waals surface area contributed by atoms with Crippen LogP contribution in [0, 0.1) is 0 Å². The molecule has 0 radical (unpaired) electrons. The van der Waals surface area contributed by atoms with Crippen LogP contribution in [0.5, 0.6) is 17.2 Å². The highest BCUT2D eigenvalue weighted by Crippen LogP contribution is 2.34. The molecule has 4 rings (SSSR count). The van der Waals surface area contributed by atoms with Crippen LogP contribution in [0.4, 0.5) is 0 Å². The number of carbonyl (C=O) groups excluding carboxylic acids is 1. The van der Waals surface area contributed by atoms with E-state index >= 15 is 0 Å². The van der Waals surface area contributed by atoms with Crippen molar-refractivity contribution in [1.29, 1.82) is 0 Å². The Morgan fingerprint density at radius 1 is 0.857 bits per heavy atom. The average Bonchev–Trinajstić information content (AvgIpc) is 3.35. The molecular formula is C27H27N3O4S. The van der Waals surface area contributed by atoms with Gasteiger partial charge in [-0.1, -0.05) is 17.8 Å². The predicted octanol–water partition coefficient (Wildman–Crippen LogP) is 5.29. The lowest BCUT2D eigenvalue weighted by atomic mass is 10.0. The Labute approximate surface area is 208 Å². The number of hydrogen-bond donors (Lipinski definition) is 2. The summed E-state index contributed by atoms with van der Waals surface area (Å²) in [7, 11) is 4.88. The minimum absolute atomic E-state index is 0.137. The fourth-order valence-corrected chi connectivity index (χ4v) is 4.25. The van der Waals surface area contributed by atoms with Gasteiger partial charge in [0.2, 0.25) is 0 Å². The van der Waals surface area contributed by atoms with Crippen molar-refractivity contribution < 1.29 is 19.0 Å². The van der Waals surface area contributed by atoms with Crippen molar-refractivity contribution in [3.05, 3.63) is 78.4 Å². The number of aromatic nitrogens is 2. The van der Waals surface area contributed by atoms with Gasteiger partial charge in [-0.3, -0.25) is 4.79 Å². The van der Waals surface area contributed by atoms with Crippen LogP contribution in [0.3, 0.4) is 0 Å². The Bertz CT molecular complexity index is 1210. The molecule has 0 unspecified atom stereocenters. The Morgan fingerprint density at radius 2 is 1.49 bits per heavy atom. The maximum Gasteiger partial charge on any atom is 0.251 e. The molecule has 0 atom stereocenters. The van der Waals surface area contributed by atoms with E-state index in [4.69, 9.17) is 19.2 Å². The van der Waals surface area contributed by atoms with Crippen molar-refractivity contribution in [2.24, 2.45) is 0 Å². The molecule has 0 bridgehead atoms. The summed E-state index contributed by atoms with van der Waals surface area (Å²) < 4.78 is 15.8. The summed E-state index contributed by atoms with van der Waals surface area (Å²) in [5.74, 6) is 2.76. The van der Waals surface area contributed by atoms with Crippen molar-refractivity contribution in [2.45, 2.75) is 5.16 Å². The second kappa shape index (κ2) is 11.5. The largest absolute Gasteiger partial charge is 0.497 e. The SMILES string of the molecule is COc1ccc(-c2nc(SCCNC(=O)c3cccc(OC)c3)[nH]c2-c2ccc(OC)cc2)cc1. The first-order valence-electron chi connectivity index (χ1n) is 11.0. The highest BCUT2D eigenvalue weighted by molar-refractivity contribution is 7.99. The molecule has 7 nitrogen and oxygen atoms in total. The molecule has 2 N–H and O–H groups in total. The molecule has 35 heavy (non-hydrogen) atoms. The second-order valence-electron chi connectivity index (χ2n) is 7.56. The van der Waals surface area contributed by atoms with E-state index in [-0.39, 0.29) is 5.91 Å². The summed E-state index contributed by atoms with van der Waals surface area (Å²) in [6.07, 6.45) is 0. The first kappa shape index (κ1) is 24.2. The lowest BCUT2D eigenvalue weighted by molar-refractivity contribution is 0.0956. The van der Waals surface area contributed by atoms with E-state index in [0.717, 1.165) is 39.2 Å². The molecule has 4 aromatic rings. The first-order chi connectivity index (χ1) is 17.1. The van der Waals surface area contributed by atoms with Crippen LogP contribution >= 0.6 is 11.8 Å². The van der Waals surface area contributed by atoms with Gasteiger partial charge in [-0.25, -0.2) is 4.98 Å². The summed E-state index contributed by atoms with van der Waals surface area (Å²) in [5, 5.41) is 3.72. The zero-order chi connectivity index (χ0) is 24.6. The molecule has 1 aromatic heterocycles. The van der Waals surface area contributed by atoms with Gasteiger partial charge in [-0.05, 0) is 66.7 Å². The number of ether oxygens (including phenoxy) is 3. The predicted molar refractivity (Wildman–Crippen MR) is 139 cm³/mol. The standard InChI is InChI=1S/C27H27N3O4S/c1-32-21-11-7-18(8-12-21)24-25(19-9-13-22(33-2)14-10-19)30-27(29-24)35-16-15-28-26(31)20-5-4-6-23(17-20)34-3/h4-14,17H,15-16H2,1-3H3,(H,28,31)(H,29,30). The lowest BCUT2D eigenvalue weighted by Crippen LogP contribution is -2.25. The Morgan fingerprint density at radius 3 is 2.11 bits per heavy atom. The highest BCUT2D eigenvalue weighted by Gasteiger charge is 2.15. The first-order valence-corrected chi connectivity index (χ1v) is 12.0. The molecule has 1 heterocycles. The number of H-pyrrole nitrogens is 1. The van der Waals surface area contributed by atoms with E-state index in [1.807, 2.05) is 54.6 Å². The lowest BCUT2D eigenvalue weighted by Gasteiger charge is -2.06. The normalized spacial score (nSPS) is 10.6. The van der Waals surface area contributed by atoms with Crippen molar-refractivity contribution >= 4 is 17.7 Å². The van der Waals surface area contributed by atoms with Gasteiger partial charge in [0.05, 0.1) is 32.7 Å². The molecule has 180 valence electrons. The Balaban J connectivity index is 1.48. The monoisotopic (exact) mass is 489 g/mol. The topological polar surface area (TPSA) is 85.5 Å². The molecule has 0 aliphatic heterocycles. The van der Waals surface area contributed by atoms with Gasteiger partial charge in [0.15, 0.2) is 5.16 Å². The fraction of sp³-hybridized carbons (Fsp3) is 0.185. The molecule has 1 amide bonds. The van der Waals surface area contributed by atoms with E-state index < -0.39 is 0 Å². The number of methoxy groups -OCH3 is 3. The quantitative estimate of drug-likeness (QED) is 0.233. The summed E-state index contributed by atoms with van der Waals surface area (Å²) in [6.45, 7) is 0.497. The Kier molecular flexibility index (Phi) is 7.95. The summed E-state index contributed by atoms with van der Waals surface area (Å²) >= 11 is 1.55. The van der Waals surface area contributed by atoms with E-state index in [2.05, 4.69) is 10.3 Å². The number of nitrogens with one attached hydrogen (secondary N) is 2. The molecule has 0 aliphatic rings. The zero-order valence-electron chi connectivity index (χ0n) is 19.8. The minimum Gasteiger partial charge on any atom is -0.497 e.